The molecule has 0 bridgehead atoms. The van der Waals surface area contributed by atoms with Gasteiger partial charge in [0.25, 0.3) is 10.0 Å². The summed E-state index contributed by atoms with van der Waals surface area (Å²) >= 11 is 0.658. The average molecular weight is 274 g/mol. The molecule has 0 amide bonds. The number of nitrogens with zero attached hydrogens (tertiary/aromatic N) is 2. The molecule has 0 aliphatic rings. The van der Waals surface area contributed by atoms with E-state index in [2.05, 4.69) is 19.9 Å². The van der Waals surface area contributed by atoms with Crippen LogP contribution in [0.2, 0.25) is 0 Å². The second-order valence-electron chi connectivity index (χ2n) is 2.86. The molecule has 90 valence electrons. The summed E-state index contributed by atoms with van der Waals surface area (Å²) < 4.78 is 25.5. The van der Waals surface area contributed by atoms with E-state index in [0.717, 1.165) is 6.33 Å². The van der Waals surface area contributed by atoms with Gasteiger partial charge < -0.3 is 5.11 Å². The van der Waals surface area contributed by atoms with Crippen molar-refractivity contribution < 1.29 is 18.3 Å². The first-order valence-electron chi connectivity index (χ1n) is 4.20. The minimum absolute atomic E-state index is 0.0322. The largest absolute Gasteiger partial charge is 0.477 e. The molecule has 3 N–H and O–H groups in total. The number of carboxylic acid groups (broad SMARTS) is 1. The topological polar surface area (TPSA) is 125 Å². The van der Waals surface area contributed by atoms with Crippen molar-refractivity contribution in [2.45, 2.75) is 4.21 Å². The van der Waals surface area contributed by atoms with Gasteiger partial charge in [-0.05, 0) is 12.1 Å². The van der Waals surface area contributed by atoms with Crippen molar-refractivity contribution in [1.29, 1.82) is 0 Å². The van der Waals surface area contributed by atoms with Crippen LogP contribution in [0.3, 0.4) is 0 Å². The second-order valence-corrected chi connectivity index (χ2v) is 5.86. The molecule has 2 heterocycles. The summed E-state index contributed by atoms with van der Waals surface area (Å²) in [6.07, 6.45) is 1.15. The lowest BCUT2D eigenvalue weighted by molar-refractivity contribution is 0.0702. The van der Waals surface area contributed by atoms with Gasteiger partial charge in [-0.25, -0.2) is 23.0 Å². The van der Waals surface area contributed by atoms with Crippen molar-refractivity contribution in [2.75, 3.05) is 4.72 Å². The maximum absolute atomic E-state index is 11.8. The molecule has 0 aliphatic carbocycles. The van der Waals surface area contributed by atoms with Crippen molar-refractivity contribution in [3.63, 3.8) is 0 Å². The molecular weight excluding hydrogens is 268 g/mol. The molecule has 0 radical (unpaired) electrons. The number of thiophene rings is 1. The molecule has 0 aliphatic heterocycles. The molecule has 2 rings (SSSR count). The molecule has 0 unspecified atom stereocenters. The smallest absolute Gasteiger partial charge is 0.345 e. The Kier molecular flexibility index (Phi) is 2.81. The molecule has 10 heteroatoms. The van der Waals surface area contributed by atoms with Crippen molar-refractivity contribution >= 4 is 33.3 Å². The highest BCUT2D eigenvalue weighted by molar-refractivity contribution is 7.94. The van der Waals surface area contributed by atoms with E-state index in [1.54, 1.807) is 0 Å². The third-order valence-electron chi connectivity index (χ3n) is 1.70. The number of carboxylic acids is 1. The van der Waals surface area contributed by atoms with Gasteiger partial charge in [-0.3, -0.25) is 0 Å². The number of nitrogens with one attached hydrogen (secondary N) is 2. The first-order chi connectivity index (χ1) is 7.99. The number of aromatic carboxylic acids is 1. The number of rotatable bonds is 4. The van der Waals surface area contributed by atoms with E-state index in [-0.39, 0.29) is 15.0 Å². The molecule has 0 spiro atoms. The van der Waals surface area contributed by atoms with E-state index < -0.39 is 16.0 Å². The predicted octanol–water partition coefficient (Wildman–Crippen LogP) is 0.365. The quantitative estimate of drug-likeness (QED) is 0.739. The van der Waals surface area contributed by atoms with Crippen LogP contribution in [0.25, 0.3) is 0 Å². The fourth-order valence-electron chi connectivity index (χ4n) is 1.01. The summed E-state index contributed by atoms with van der Waals surface area (Å²) in [5.41, 5.74) is 0. The third-order valence-corrected chi connectivity index (χ3v) is 4.61. The summed E-state index contributed by atoms with van der Waals surface area (Å²) in [5.74, 6) is -1.20. The van der Waals surface area contributed by atoms with Gasteiger partial charge in [-0.15, -0.1) is 11.3 Å². The molecule has 0 aromatic carbocycles. The fraction of sp³-hybridized carbons (Fsp3) is 0. The van der Waals surface area contributed by atoms with Gasteiger partial charge in [0.05, 0.1) is 0 Å². The molecule has 2 aromatic rings. The van der Waals surface area contributed by atoms with E-state index in [9.17, 15) is 13.2 Å². The number of hydrogen-bond acceptors (Lipinski definition) is 6. The van der Waals surface area contributed by atoms with Gasteiger partial charge in [0.1, 0.15) is 15.4 Å². The van der Waals surface area contributed by atoms with Crippen molar-refractivity contribution in [2.24, 2.45) is 0 Å². The van der Waals surface area contributed by atoms with Crippen LogP contribution in [0.4, 0.5) is 5.95 Å². The number of sulfonamides is 1. The molecule has 0 saturated carbocycles. The normalized spacial score (nSPS) is 11.3. The Morgan fingerprint density at radius 2 is 2.24 bits per heavy atom. The highest BCUT2D eigenvalue weighted by Gasteiger charge is 2.19. The summed E-state index contributed by atoms with van der Waals surface area (Å²) in [6.45, 7) is 0. The monoisotopic (exact) mass is 274 g/mol. The van der Waals surface area contributed by atoms with Crippen LogP contribution in [0.1, 0.15) is 9.67 Å². The molecule has 0 atom stereocenters. The summed E-state index contributed by atoms with van der Waals surface area (Å²) in [7, 11) is -3.82. The maximum Gasteiger partial charge on any atom is 0.345 e. The zero-order valence-corrected chi connectivity index (χ0v) is 9.75. The first kappa shape index (κ1) is 11.5. The highest BCUT2D eigenvalue weighted by Crippen LogP contribution is 2.22. The van der Waals surface area contributed by atoms with E-state index in [1.807, 2.05) is 0 Å². The zero-order chi connectivity index (χ0) is 12.5. The van der Waals surface area contributed by atoms with Gasteiger partial charge >= 0.3 is 5.97 Å². The Balaban J connectivity index is 2.28. The van der Waals surface area contributed by atoms with E-state index in [1.165, 1.54) is 12.1 Å². The minimum atomic E-state index is -3.82. The Morgan fingerprint density at radius 3 is 2.76 bits per heavy atom. The standard InChI is InChI=1S/C7H6N4O4S2/c12-6(13)4-1-2-5(16-4)17(14,15)11-7-8-3-9-10-7/h1-3H,(H,12,13)(H2,8,9,10,11). The fourth-order valence-corrected chi connectivity index (χ4v) is 3.12. The van der Waals surface area contributed by atoms with Crippen molar-refractivity contribution in [3.8, 4) is 0 Å². The Bertz CT molecular complexity index is 631. The van der Waals surface area contributed by atoms with Crippen LogP contribution in [-0.2, 0) is 10.0 Å². The highest BCUT2D eigenvalue weighted by atomic mass is 32.2. The summed E-state index contributed by atoms with van der Waals surface area (Å²) in [4.78, 5) is 14.2. The Labute approximate surface area is 99.4 Å². The SMILES string of the molecule is O=C(O)c1ccc(S(=O)(=O)Nc2ncn[nH]2)s1. The zero-order valence-electron chi connectivity index (χ0n) is 8.11. The number of aromatic amines is 1. The van der Waals surface area contributed by atoms with Crippen molar-refractivity contribution in [1.82, 2.24) is 15.2 Å². The Hall–Kier alpha value is -1.94. The predicted molar refractivity (Wildman–Crippen MR) is 58.5 cm³/mol. The lowest BCUT2D eigenvalue weighted by Crippen LogP contribution is -2.12. The van der Waals surface area contributed by atoms with Gasteiger partial charge in [0, 0.05) is 0 Å². The van der Waals surface area contributed by atoms with Gasteiger partial charge in [0.2, 0.25) is 5.95 Å². The molecule has 8 nitrogen and oxygen atoms in total. The maximum atomic E-state index is 11.8. The second kappa shape index (κ2) is 4.14. The van der Waals surface area contributed by atoms with Gasteiger partial charge in [0.15, 0.2) is 0 Å². The van der Waals surface area contributed by atoms with Crippen LogP contribution in [0.5, 0.6) is 0 Å². The van der Waals surface area contributed by atoms with Gasteiger partial charge in [-0.2, -0.15) is 10.1 Å². The van der Waals surface area contributed by atoms with Crippen molar-refractivity contribution in [3.05, 3.63) is 23.3 Å². The minimum Gasteiger partial charge on any atom is -0.477 e. The third kappa shape index (κ3) is 2.42. The number of hydrogen-bond donors (Lipinski definition) is 3. The van der Waals surface area contributed by atoms with E-state index in [0.29, 0.717) is 11.3 Å². The van der Waals surface area contributed by atoms with E-state index in [4.69, 9.17) is 5.11 Å². The number of H-pyrrole nitrogens is 1. The summed E-state index contributed by atoms with van der Waals surface area (Å²) in [6, 6.07) is 2.44. The molecular formula is C7H6N4O4S2. The number of carbonyl (C=O) groups is 1. The lowest BCUT2D eigenvalue weighted by Gasteiger charge is -2.00. The van der Waals surface area contributed by atoms with Crippen LogP contribution in [-0.4, -0.2) is 34.7 Å². The van der Waals surface area contributed by atoms with E-state index >= 15 is 0 Å². The number of anilines is 1. The Morgan fingerprint density at radius 1 is 1.47 bits per heavy atom. The van der Waals surface area contributed by atoms with Gasteiger partial charge in [-0.1, -0.05) is 0 Å². The molecule has 17 heavy (non-hydrogen) atoms. The number of aromatic nitrogens is 3. The van der Waals surface area contributed by atoms with Crippen LogP contribution >= 0.6 is 11.3 Å². The lowest BCUT2D eigenvalue weighted by atomic mass is 10.5. The van der Waals surface area contributed by atoms with Crippen LogP contribution in [0.15, 0.2) is 22.7 Å². The van der Waals surface area contributed by atoms with Crippen LogP contribution in [0, 0.1) is 0 Å². The average Bonchev–Trinajstić information content (AvgIpc) is 2.84. The molecule has 2 aromatic heterocycles. The summed E-state index contributed by atoms with van der Waals surface area (Å²) in [5, 5.41) is 14.5. The van der Waals surface area contributed by atoms with Crippen LogP contribution < -0.4 is 4.72 Å². The molecule has 0 fully saturated rings. The molecule has 0 saturated heterocycles. The first-order valence-corrected chi connectivity index (χ1v) is 6.50.